The smallest absolute Gasteiger partial charge is 0.0159 e. The molecular weight excluding hydrogens is 837 g/mol. The number of allylic oxidation sites excluding steroid dienone is 4. The number of benzene rings is 9. The summed E-state index contributed by atoms with van der Waals surface area (Å²) < 4.78 is 0. The van der Waals surface area contributed by atoms with Gasteiger partial charge in [-0.1, -0.05) is 181 Å². The van der Waals surface area contributed by atoms with Crippen LogP contribution < -0.4 is 0 Å². The minimum absolute atomic E-state index is 0.145. The van der Waals surface area contributed by atoms with Gasteiger partial charge in [-0.25, -0.2) is 0 Å². The van der Waals surface area contributed by atoms with Gasteiger partial charge < -0.3 is 0 Å². The lowest BCUT2D eigenvalue weighted by Crippen LogP contribution is -2.15. The molecule has 0 unspecified atom stereocenters. The highest BCUT2D eigenvalue weighted by molar-refractivity contribution is 8.33. The van der Waals surface area contributed by atoms with Crippen LogP contribution in [0.3, 0.4) is 0 Å². The first-order valence-electron chi connectivity index (χ1n) is 24.9. The van der Waals surface area contributed by atoms with Gasteiger partial charge in [-0.3, -0.25) is 0 Å². The number of hydrogen-bond donors (Lipinski definition) is 0. The SMILES string of the molecule is CC.CC1(C)c2cc(C3=CC=CCCC3)ccc2-c2ccc(-c3c4ccccc4c(-c4ccc5c(c4)C(C)(C)c4cc(-c6ccccc6)ccc4-5)c4cc5c(cc34)-c3ccccc3S5(C)C)cc21. The van der Waals surface area contributed by atoms with Crippen molar-refractivity contribution in [3.8, 4) is 66.8 Å². The Morgan fingerprint density at radius 2 is 0.882 bits per heavy atom. The number of fused-ring (bicyclic) bond motifs is 11. The fourth-order valence-corrected chi connectivity index (χ4v) is 15.0. The van der Waals surface area contributed by atoms with Gasteiger partial charge >= 0.3 is 0 Å². The highest BCUT2D eigenvalue weighted by atomic mass is 32.3. The summed E-state index contributed by atoms with van der Waals surface area (Å²) in [6.07, 6.45) is 15.4. The van der Waals surface area contributed by atoms with E-state index in [4.69, 9.17) is 0 Å². The fraction of sp³-hybridized carbons (Fsp3) is 0.194. The van der Waals surface area contributed by atoms with E-state index in [9.17, 15) is 0 Å². The van der Waals surface area contributed by atoms with Crippen molar-refractivity contribution in [2.75, 3.05) is 12.5 Å². The van der Waals surface area contributed by atoms with Crippen LogP contribution in [-0.2, 0) is 10.8 Å². The van der Waals surface area contributed by atoms with Gasteiger partial charge in [0.1, 0.15) is 0 Å². The Morgan fingerprint density at radius 1 is 0.397 bits per heavy atom. The Balaban J connectivity index is 0.00000237. The predicted molar refractivity (Wildman–Crippen MR) is 297 cm³/mol. The molecule has 0 saturated heterocycles. The summed E-state index contributed by atoms with van der Waals surface area (Å²) in [7, 11) is -1.25. The third kappa shape index (κ3) is 6.21. The van der Waals surface area contributed by atoms with E-state index < -0.39 is 10.0 Å². The van der Waals surface area contributed by atoms with Crippen LogP contribution in [0.5, 0.6) is 0 Å². The van der Waals surface area contributed by atoms with Crippen LogP contribution in [0.4, 0.5) is 0 Å². The summed E-state index contributed by atoms with van der Waals surface area (Å²) in [5, 5.41) is 5.28. The van der Waals surface area contributed by atoms with Crippen molar-refractivity contribution in [3.05, 3.63) is 210 Å². The molecule has 0 spiro atoms. The largest absolute Gasteiger partial charge is 0.192 e. The minimum atomic E-state index is -1.25. The maximum absolute atomic E-state index is 2.62. The number of rotatable bonds is 4. The summed E-state index contributed by atoms with van der Waals surface area (Å²) in [4.78, 5) is 2.98. The molecule has 4 aliphatic rings. The van der Waals surface area contributed by atoms with Crippen LogP contribution in [-0.4, -0.2) is 12.5 Å². The molecule has 13 rings (SSSR count). The van der Waals surface area contributed by atoms with Crippen LogP contribution in [0.25, 0.3) is 93.9 Å². The molecule has 0 amide bonds. The summed E-state index contributed by atoms with van der Waals surface area (Å²) in [5.41, 5.74) is 24.2. The van der Waals surface area contributed by atoms with Crippen molar-refractivity contribution in [1.29, 1.82) is 0 Å². The average Bonchev–Trinajstić information content (AvgIpc) is 3.66. The molecule has 334 valence electrons. The Labute approximate surface area is 405 Å². The standard InChI is InChI=1S/C65H54S.C2H6/c1-64(2)56-34-42(40-18-10-7-8-11-19-40)26-30-46(56)48-32-28-44(36-58(48)64)62-51-23-14-15-24-52(51)63(55-39-61-53(38-54(55)62)50-22-16-17-25-60(50)66(61,5)6)45-29-33-49-47-31-27-43(41-20-12-9-13-21-41)35-57(47)65(3,4)59(49)37-45;1-2/h7,9-10,12-18,20-39H,8,11,19H2,1-6H3;1-2H3. The summed E-state index contributed by atoms with van der Waals surface area (Å²) in [6, 6.07) is 63.7. The lowest BCUT2D eigenvalue weighted by molar-refractivity contribution is 0.660. The number of hydrogen-bond acceptors (Lipinski definition) is 0. The summed E-state index contributed by atoms with van der Waals surface area (Å²) >= 11 is 0. The fourth-order valence-electron chi connectivity index (χ4n) is 12.5. The molecule has 1 aliphatic heterocycles. The van der Waals surface area contributed by atoms with Crippen LogP contribution in [0, 0.1) is 0 Å². The highest BCUT2D eigenvalue weighted by Gasteiger charge is 2.39. The van der Waals surface area contributed by atoms with E-state index >= 15 is 0 Å². The minimum Gasteiger partial charge on any atom is -0.192 e. The van der Waals surface area contributed by atoms with Gasteiger partial charge in [-0.15, -0.1) is 0 Å². The molecule has 0 nitrogen and oxygen atoms in total. The molecule has 0 atom stereocenters. The van der Waals surface area contributed by atoms with Gasteiger partial charge in [-0.05, 0) is 196 Å². The molecule has 0 N–H and O–H groups in total. The van der Waals surface area contributed by atoms with Crippen molar-refractivity contribution in [2.24, 2.45) is 0 Å². The first-order valence-corrected chi connectivity index (χ1v) is 27.3. The topological polar surface area (TPSA) is 0 Å². The molecule has 0 bridgehead atoms. The second-order valence-corrected chi connectivity index (χ2v) is 24.2. The molecule has 0 fully saturated rings. The van der Waals surface area contributed by atoms with Crippen LogP contribution in [0.1, 0.15) is 88.6 Å². The maximum atomic E-state index is 2.62. The normalized spacial score (nSPS) is 16.6. The lowest BCUT2D eigenvalue weighted by Gasteiger charge is -2.29. The van der Waals surface area contributed by atoms with E-state index in [2.05, 4.69) is 222 Å². The monoisotopic (exact) mass is 896 g/mol. The van der Waals surface area contributed by atoms with Gasteiger partial charge in [0.2, 0.25) is 0 Å². The Morgan fingerprint density at radius 3 is 1.49 bits per heavy atom. The van der Waals surface area contributed by atoms with Crippen molar-refractivity contribution in [3.63, 3.8) is 0 Å². The van der Waals surface area contributed by atoms with E-state index in [1.807, 2.05) is 13.8 Å². The predicted octanol–water partition coefficient (Wildman–Crippen LogP) is 19.2. The Bertz CT molecular complexity index is 3630. The first-order chi connectivity index (χ1) is 33.0. The molecular formula is C67H60S. The van der Waals surface area contributed by atoms with Crippen molar-refractivity contribution >= 4 is 37.1 Å². The van der Waals surface area contributed by atoms with Crippen LogP contribution >= 0.6 is 10.0 Å². The third-order valence-electron chi connectivity index (χ3n) is 16.1. The summed E-state index contributed by atoms with van der Waals surface area (Å²) in [5.74, 6) is 0. The maximum Gasteiger partial charge on any atom is 0.0159 e. The van der Waals surface area contributed by atoms with Crippen LogP contribution in [0.2, 0.25) is 0 Å². The van der Waals surface area contributed by atoms with Crippen molar-refractivity contribution < 1.29 is 0 Å². The lowest BCUT2D eigenvalue weighted by atomic mass is 9.79. The summed E-state index contributed by atoms with van der Waals surface area (Å²) in [6.45, 7) is 13.7. The van der Waals surface area contributed by atoms with Gasteiger partial charge in [0, 0.05) is 20.6 Å². The van der Waals surface area contributed by atoms with E-state index in [1.165, 1.54) is 138 Å². The molecule has 9 aromatic rings. The van der Waals surface area contributed by atoms with Gasteiger partial charge in [-0.2, -0.15) is 10.0 Å². The molecule has 9 aromatic carbocycles. The zero-order chi connectivity index (χ0) is 46.7. The third-order valence-corrected chi connectivity index (χ3v) is 19.0. The average molecular weight is 897 g/mol. The van der Waals surface area contributed by atoms with E-state index in [0.29, 0.717) is 0 Å². The van der Waals surface area contributed by atoms with Crippen molar-refractivity contribution in [2.45, 2.75) is 81.4 Å². The first kappa shape index (κ1) is 42.7. The molecule has 3 aliphatic carbocycles. The quantitative estimate of drug-likeness (QED) is 0.154. The van der Waals surface area contributed by atoms with E-state index in [1.54, 1.807) is 0 Å². The van der Waals surface area contributed by atoms with Crippen molar-refractivity contribution in [1.82, 2.24) is 0 Å². The molecule has 0 saturated carbocycles. The second-order valence-electron chi connectivity index (χ2n) is 20.7. The molecule has 0 aromatic heterocycles. The Hall–Kier alpha value is -6.67. The van der Waals surface area contributed by atoms with Gasteiger partial charge in [0.15, 0.2) is 0 Å². The molecule has 1 heterocycles. The molecule has 0 radical (unpaired) electrons. The second kappa shape index (κ2) is 15.7. The Kier molecular flexibility index (Phi) is 9.85. The van der Waals surface area contributed by atoms with Gasteiger partial charge in [0.05, 0.1) is 0 Å². The van der Waals surface area contributed by atoms with E-state index in [0.717, 1.165) is 12.8 Å². The highest BCUT2D eigenvalue weighted by Crippen LogP contribution is 2.68. The zero-order valence-electron chi connectivity index (χ0n) is 40.9. The zero-order valence-corrected chi connectivity index (χ0v) is 41.7. The van der Waals surface area contributed by atoms with Crippen LogP contribution in [0.15, 0.2) is 192 Å². The van der Waals surface area contributed by atoms with E-state index in [-0.39, 0.29) is 10.8 Å². The van der Waals surface area contributed by atoms with Gasteiger partial charge in [0.25, 0.3) is 0 Å². The molecule has 1 heteroatoms. The molecule has 68 heavy (non-hydrogen) atoms.